The Morgan fingerprint density at radius 2 is 1.29 bits per heavy atom. The first-order valence-electron chi connectivity index (χ1n) is 10.5. The second-order valence-corrected chi connectivity index (χ2v) is 13.7. The van der Waals surface area contributed by atoms with Gasteiger partial charge in [0.2, 0.25) is 0 Å². The van der Waals surface area contributed by atoms with Gasteiger partial charge < -0.3 is 4.55 Å². The molecule has 1 heterocycles. The van der Waals surface area contributed by atoms with Gasteiger partial charge in [0.05, 0.1) is 23.6 Å². The molecular weight excluding hydrogens is 444 g/mol. The average molecular weight is 475 g/mol. The Kier molecular flexibility index (Phi) is 9.11. The summed E-state index contributed by atoms with van der Waals surface area (Å²) >= 11 is 0. The number of benzene rings is 2. The summed E-state index contributed by atoms with van der Waals surface area (Å²) in [7, 11) is -7.10. The third-order valence-electron chi connectivity index (χ3n) is 6.12. The van der Waals surface area contributed by atoms with E-state index in [4.69, 9.17) is 13.0 Å². The molecule has 2 aromatic rings. The first kappa shape index (κ1) is 25.8. The largest absolute Gasteiger partial charge is 0.741 e. The lowest BCUT2D eigenvalue weighted by Gasteiger charge is -2.34. The van der Waals surface area contributed by atoms with Gasteiger partial charge in [-0.1, -0.05) is 74.0 Å². The van der Waals surface area contributed by atoms with Crippen LogP contribution in [0.5, 0.6) is 0 Å². The van der Waals surface area contributed by atoms with Gasteiger partial charge in [-0.3, -0.25) is 0 Å². The molecule has 0 unspecified atom stereocenters. The van der Waals surface area contributed by atoms with Crippen LogP contribution in [0.1, 0.15) is 62.0 Å². The SMILES string of the molecule is CCCC[P+]1(CC)[C@H](c2ccccc2)CC[C@H]1c1ccccc1.O=S(=O)([O-])C(F)(F)F. The topological polar surface area (TPSA) is 57.2 Å². The van der Waals surface area contributed by atoms with E-state index in [1.54, 1.807) is 11.1 Å². The van der Waals surface area contributed by atoms with Gasteiger partial charge in [-0.05, 0) is 37.3 Å². The summed E-state index contributed by atoms with van der Waals surface area (Å²) < 4.78 is 58.9. The van der Waals surface area contributed by atoms with Gasteiger partial charge in [0, 0.05) is 7.26 Å². The Balaban J connectivity index is 0.000000366. The summed E-state index contributed by atoms with van der Waals surface area (Å²) in [5, 5.41) is 0. The fourth-order valence-corrected chi connectivity index (χ4v) is 10.7. The summed E-state index contributed by atoms with van der Waals surface area (Å²) in [4.78, 5) is 0. The van der Waals surface area contributed by atoms with E-state index in [-0.39, 0.29) is 0 Å². The van der Waals surface area contributed by atoms with Crippen molar-refractivity contribution in [2.45, 2.75) is 56.4 Å². The molecule has 0 bridgehead atoms. The molecule has 31 heavy (non-hydrogen) atoms. The van der Waals surface area contributed by atoms with E-state index < -0.39 is 22.9 Å². The van der Waals surface area contributed by atoms with Crippen molar-refractivity contribution in [3.05, 3.63) is 71.8 Å². The van der Waals surface area contributed by atoms with Gasteiger partial charge in [0.15, 0.2) is 10.1 Å². The quantitative estimate of drug-likeness (QED) is 0.254. The van der Waals surface area contributed by atoms with Crippen molar-refractivity contribution in [3.8, 4) is 0 Å². The predicted molar refractivity (Wildman–Crippen MR) is 121 cm³/mol. The van der Waals surface area contributed by atoms with Crippen LogP contribution in [0.25, 0.3) is 0 Å². The smallest absolute Gasteiger partial charge is 0.485 e. The van der Waals surface area contributed by atoms with Crippen molar-refractivity contribution in [3.63, 3.8) is 0 Å². The van der Waals surface area contributed by atoms with E-state index in [1.807, 2.05) is 0 Å². The summed E-state index contributed by atoms with van der Waals surface area (Å²) in [6.45, 7) is 4.82. The highest BCUT2D eigenvalue weighted by atomic mass is 32.2. The Bertz CT molecular complexity index is 855. The molecule has 2 atom stereocenters. The lowest BCUT2D eigenvalue weighted by atomic mass is 10.0. The number of unbranched alkanes of at least 4 members (excludes halogenated alkanes) is 1. The lowest BCUT2D eigenvalue weighted by Crippen LogP contribution is -2.21. The molecule has 1 aliphatic rings. The molecule has 0 aliphatic carbocycles. The number of halogens is 3. The van der Waals surface area contributed by atoms with Crippen LogP contribution in [-0.2, 0) is 10.1 Å². The Hall–Kier alpha value is -1.43. The molecule has 2 aromatic carbocycles. The Morgan fingerprint density at radius 1 is 0.903 bits per heavy atom. The number of hydrogen-bond acceptors (Lipinski definition) is 3. The van der Waals surface area contributed by atoms with Gasteiger partial charge in [-0.15, -0.1) is 0 Å². The monoisotopic (exact) mass is 474 g/mol. The van der Waals surface area contributed by atoms with Crippen LogP contribution >= 0.6 is 7.26 Å². The zero-order chi connectivity index (χ0) is 23.1. The lowest BCUT2D eigenvalue weighted by molar-refractivity contribution is -0.0517. The molecule has 0 radical (unpaired) electrons. The van der Waals surface area contributed by atoms with Gasteiger partial charge in [0.1, 0.15) is 0 Å². The molecule has 3 rings (SSSR count). The molecule has 3 nitrogen and oxygen atoms in total. The molecule has 1 fully saturated rings. The van der Waals surface area contributed by atoms with E-state index in [1.165, 1.54) is 38.0 Å². The van der Waals surface area contributed by atoms with E-state index in [0.29, 0.717) is 0 Å². The van der Waals surface area contributed by atoms with Crippen molar-refractivity contribution in [2.75, 3.05) is 12.3 Å². The normalized spacial score (nSPS) is 20.7. The van der Waals surface area contributed by atoms with Crippen molar-refractivity contribution in [1.29, 1.82) is 0 Å². The van der Waals surface area contributed by atoms with Crippen molar-refractivity contribution >= 4 is 17.4 Å². The molecular formula is C23H30F3O3PS. The molecule has 0 N–H and O–H groups in total. The highest BCUT2D eigenvalue weighted by Crippen LogP contribution is 2.84. The minimum absolute atomic E-state index is 0.824. The van der Waals surface area contributed by atoms with E-state index in [0.717, 1.165) is 11.3 Å². The van der Waals surface area contributed by atoms with Gasteiger partial charge in [-0.25, -0.2) is 8.42 Å². The fraction of sp³-hybridized carbons (Fsp3) is 0.478. The molecule has 172 valence electrons. The molecule has 0 aromatic heterocycles. The first-order chi connectivity index (χ1) is 14.6. The van der Waals surface area contributed by atoms with E-state index >= 15 is 0 Å². The summed E-state index contributed by atoms with van der Waals surface area (Å²) in [6.07, 6.45) is 8.36. The number of hydrogen-bond donors (Lipinski definition) is 0. The maximum absolute atomic E-state index is 10.7. The van der Waals surface area contributed by atoms with Crippen LogP contribution in [0, 0.1) is 0 Å². The van der Waals surface area contributed by atoms with Crippen LogP contribution in [0.4, 0.5) is 13.2 Å². The zero-order valence-electron chi connectivity index (χ0n) is 17.9. The van der Waals surface area contributed by atoms with E-state index in [9.17, 15) is 13.2 Å². The molecule has 1 aliphatic heterocycles. The maximum Gasteiger partial charge on any atom is 0.485 e. The molecule has 0 spiro atoms. The van der Waals surface area contributed by atoms with Gasteiger partial charge in [0.25, 0.3) is 0 Å². The van der Waals surface area contributed by atoms with Crippen molar-refractivity contribution in [2.24, 2.45) is 0 Å². The van der Waals surface area contributed by atoms with Crippen LogP contribution in [0.2, 0.25) is 0 Å². The van der Waals surface area contributed by atoms with Crippen LogP contribution in [0.15, 0.2) is 60.7 Å². The van der Waals surface area contributed by atoms with Crippen LogP contribution < -0.4 is 0 Å². The first-order valence-corrected chi connectivity index (χ1v) is 14.3. The second-order valence-electron chi connectivity index (χ2n) is 7.83. The Morgan fingerprint density at radius 3 is 1.58 bits per heavy atom. The highest BCUT2D eigenvalue weighted by molar-refractivity contribution is 7.86. The summed E-state index contributed by atoms with van der Waals surface area (Å²) in [5.41, 5.74) is -0.780. The molecule has 0 amide bonds. The second kappa shape index (κ2) is 10.9. The molecule has 0 saturated carbocycles. The van der Waals surface area contributed by atoms with Crippen molar-refractivity contribution < 1.29 is 26.1 Å². The third-order valence-corrected chi connectivity index (χ3v) is 12.6. The highest BCUT2D eigenvalue weighted by Gasteiger charge is 2.55. The molecule has 8 heteroatoms. The standard InChI is InChI=1S/C22H30P.CHF3O3S/c1-3-5-18-23(4-2)21(19-12-8-6-9-13-19)16-17-22(23)20-14-10-7-11-15-20;2-1(3,4)8(5,6)7/h6-15,21-22H,3-5,16-18H2,1-2H3;(H,5,6,7)/q+1;/p-1/t21-,22-;/m0./s1. The minimum atomic E-state index is -6.09. The van der Waals surface area contributed by atoms with Gasteiger partial charge >= 0.3 is 5.51 Å². The van der Waals surface area contributed by atoms with Crippen LogP contribution in [-0.4, -0.2) is 30.8 Å². The fourth-order valence-electron chi connectivity index (χ4n) is 4.69. The zero-order valence-corrected chi connectivity index (χ0v) is 19.6. The summed E-state index contributed by atoms with van der Waals surface area (Å²) in [6, 6.07) is 22.8. The third kappa shape index (κ3) is 6.30. The van der Waals surface area contributed by atoms with Crippen molar-refractivity contribution in [1.82, 2.24) is 0 Å². The average Bonchev–Trinajstić information content (AvgIpc) is 3.12. The minimum Gasteiger partial charge on any atom is -0.741 e. The number of rotatable bonds is 6. The van der Waals surface area contributed by atoms with E-state index in [2.05, 4.69) is 74.5 Å². The predicted octanol–water partition coefficient (Wildman–Crippen LogP) is 7.15. The van der Waals surface area contributed by atoms with Gasteiger partial charge in [-0.2, -0.15) is 13.2 Å². The number of alkyl halides is 3. The maximum atomic E-state index is 10.7. The Labute approximate surface area is 184 Å². The summed E-state index contributed by atoms with van der Waals surface area (Å²) in [5.74, 6) is 0. The molecule has 1 saturated heterocycles. The van der Waals surface area contributed by atoms with Crippen LogP contribution in [0.3, 0.4) is 0 Å².